The second-order valence-corrected chi connectivity index (χ2v) is 12.3. The number of para-hydroxylation sites is 2. The molecule has 0 spiro atoms. The third-order valence-electron chi connectivity index (χ3n) is 6.08. The van der Waals surface area contributed by atoms with Gasteiger partial charge in [0.1, 0.15) is 17.8 Å². The minimum Gasteiger partial charge on any atom is -0.443 e. The number of anilines is 3. The fraction of sp³-hybridized carbons (Fsp3) is 0.469. The maximum absolute atomic E-state index is 13.8. The van der Waals surface area contributed by atoms with E-state index in [9.17, 15) is 14.4 Å². The lowest BCUT2D eigenvalue weighted by Gasteiger charge is -2.29. The first-order valence-corrected chi connectivity index (χ1v) is 14.3. The Morgan fingerprint density at radius 3 is 2.05 bits per heavy atom. The Morgan fingerprint density at radius 1 is 0.881 bits per heavy atom. The Labute approximate surface area is 253 Å². The van der Waals surface area contributed by atoms with E-state index in [-0.39, 0.29) is 25.7 Å². The molecule has 2 aromatic carbocycles. The summed E-state index contributed by atoms with van der Waals surface area (Å²) in [6, 6.07) is 12.8. The zero-order chi connectivity index (χ0) is 31.1. The molecule has 226 valence electrons. The quantitative estimate of drug-likeness (QED) is 0.226. The van der Waals surface area contributed by atoms with Crippen molar-refractivity contribution in [2.75, 3.05) is 42.6 Å². The summed E-state index contributed by atoms with van der Waals surface area (Å²) in [6.07, 6.45) is 4.82. The zero-order valence-electron chi connectivity index (χ0n) is 25.2. The van der Waals surface area contributed by atoms with Gasteiger partial charge in [0, 0.05) is 24.7 Å². The molecule has 0 aliphatic carbocycles. The van der Waals surface area contributed by atoms with Crippen molar-refractivity contribution in [1.82, 2.24) is 4.90 Å². The number of rotatable bonds is 9. The molecule has 3 amide bonds. The number of ether oxygens (including phenoxy) is 3. The van der Waals surface area contributed by atoms with Crippen LogP contribution in [0.1, 0.15) is 64.7 Å². The average Bonchev–Trinajstić information content (AvgIpc) is 2.97. The molecule has 3 rings (SSSR count). The summed E-state index contributed by atoms with van der Waals surface area (Å²) in [5.74, 6) is 2.26. The Morgan fingerprint density at radius 2 is 1.48 bits per heavy atom. The molecule has 10 heteroatoms. The molecule has 9 nitrogen and oxygen atoms in total. The topological polar surface area (TPSA) is 88.6 Å². The average molecular weight is 598 g/mol. The molecular weight excluding hydrogens is 558 g/mol. The van der Waals surface area contributed by atoms with Gasteiger partial charge in [-0.05, 0) is 84.7 Å². The van der Waals surface area contributed by atoms with Gasteiger partial charge in [-0.1, -0.05) is 29.7 Å². The summed E-state index contributed by atoms with van der Waals surface area (Å²) >= 11 is 6.40. The van der Waals surface area contributed by atoms with E-state index >= 15 is 0 Å². The molecule has 0 unspecified atom stereocenters. The smallest absolute Gasteiger partial charge is 0.419 e. The number of benzene rings is 2. The second-order valence-electron chi connectivity index (χ2n) is 11.8. The molecule has 1 aliphatic heterocycles. The minimum atomic E-state index is -0.777. The van der Waals surface area contributed by atoms with Crippen LogP contribution in [-0.4, -0.2) is 67.0 Å². The van der Waals surface area contributed by atoms with Gasteiger partial charge >= 0.3 is 12.2 Å². The van der Waals surface area contributed by atoms with E-state index in [0.29, 0.717) is 42.2 Å². The molecule has 0 atom stereocenters. The number of amides is 3. The van der Waals surface area contributed by atoms with Crippen LogP contribution in [0.4, 0.5) is 26.7 Å². The number of hydrogen-bond acceptors (Lipinski definition) is 7. The molecule has 0 radical (unpaired) electrons. The Hall–Kier alpha value is -3.74. The van der Waals surface area contributed by atoms with Crippen LogP contribution in [0.15, 0.2) is 42.5 Å². The lowest BCUT2D eigenvalue weighted by Crippen LogP contribution is -2.44. The molecule has 0 fully saturated rings. The van der Waals surface area contributed by atoms with Crippen molar-refractivity contribution in [3.63, 3.8) is 0 Å². The van der Waals surface area contributed by atoms with Crippen LogP contribution >= 0.6 is 11.6 Å². The first-order valence-electron chi connectivity index (χ1n) is 13.9. The van der Waals surface area contributed by atoms with E-state index in [0.717, 1.165) is 16.3 Å². The van der Waals surface area contributed by atoms with Gasteiger partial charge in [-0.2, -0.15) is 0 Å². The lowest BCUT2D eigenvalue weighted by atomic mass is 10.1. The lowest BCUT2D eigenvalue weighted by molar-refractivity contribution is 0.00121. The van der Waals surface area contributed by atoms with E-state index in [1.807, 2.05) is 29.2 Å². The van der Waals surface area contributed by atoms with Crippen molar-refractivity contribution >= 4 is 46.8 Å². The number of hydrogen-bond donors (Lipinski definition) is 0. The van der Waals surface area contributed by atoms with Crippen molar-refractivity contribution in [3.05, 3.63) is 53.1 Å². The largest absolute Gasteiger partial charge is 0.443 e. The van der Waals surface area contributed by atoms with Gasteiger partial charge in [-0.15, -0.1) is 6.42 Å². The number of halogens is 1. The van der Waals surface area contributed by atoms with Crippen LogP contribution in [0, 0.1) is 12.3 Å². The second kappa shape index (κ2) is 14.0. The van der Waals surface area contributed by atoms with Crippen LogP contribution in [0.5, 0.6) is 0 Å². The van der Waals surface area contributed by atoms with E-state index < -0.39 is 23.4 Å². The summed E-state index contributed by atoms with van der Waals surface area (Å²) in [6.45, 7) is 11.8. The molecule has 0 N–H and O–H groups in total. The van der Waals surface area contributed by atoms with E-state index in [4.69, 9.17) is 32.2 Å². The molecule has 0 saturated carbocycles. The molecular formula is C32H40ClN3O6. The van der Waals surface area contributed by atoms with Crippen molar-refractivity contribution in [2.45, 2.75) is 65.6 Å². The highest BCUT2D eigenvalue weighted by Crippen LogP contribution is 2.41. The van der Waals surface area contributed by atoms with Gasteiger partial charge in [0.05, 0.1) is 29.2 Å². The summed E-state index contributed by atoms with van der Waals surface area (Å²) in [5, 5.41) is 0.496. The first-order chi connectivity index (χ1) is 19.7. The molecule has 1 heterocycles. The van der Waals surface area contributed by atoms with Crippen LogP contribution in [0.2, 0.25) is 5.02 Å². The number of imide groups is 1. The van der Waals surface area contributed by atoms with E-state index in [2.05, 4.69) is 5.92 Å². The fourth-order valence-corrected chi connectivity index (χ4v) is 4.56. The Bertz CT molecular complexity index is 1300. The number of carbonyl (C=O) groups excluding carboxylic acids is 3. The van der Waals surface area contributed by atoms with Crippen molar-refractivity contribution in [2.24, 2.45) is 0 Å². The van der Waals surface area contributed by atoms with Crippen molar-refractivity contribution in [1.29, 1.82) is 0 Å². The van der Waals surface area contributed by atoms with Gasteiger partial charge in [-0.25, -0.2) is 14.5 Å². The van der Waals surface area contributed by atoms with Crippen molar-refractivity contribution < 1.29 is 28.6 Å². The highest BCUT2D eigenvalue weighted by molar-refractivity contribution is 6.31. The maximum atomic E-state index is 13.8. The predicted molar refractivity (Wildman–Crippen MR) is 165 cm³/mol. The third kappa shape index (κ3) is 8.88. The van der Waals surface area contributed by atoms with Gasteiger partial charge in [0.15, 0.2) is 0 Å². The van der Waals surface area contributed by atoms with E-state index in [1.165, 1.54) is 0 Å². The number of fused-ring (bicyclic) bond motifs is 2. The normalized spacial score (nSPS) is 13.0. The standard InChI is InChI=1S/C32H40ClN3O6/c1-8-20-40-21-19-35-26-14-10-9-13-25(26)34(27-22-23(33)15-16-24(27)28(35)37)17-11-12-18-36(29(38)41-31(2,3)4)30(39)42-32(5,6)7/h1,9-10,13-16,22H,11-12,17-21H2,2-7H3. The molecule has 1 aliphatic rings. The van der Waals surface area contributed by atoms with Gasteiger partial charge < -0.3 is 24.0 Å². The maximum Gasteiger partial charge on any atom is 0.419 e. The molecule has 2 aromatic rings. The SMILES string of the molecule is C#CCOCCN1C(=O)c2ccc(Cl)cc2N(CCCCN(C(=O)OC(C)(C)C)C(=O)OC(C)(C)C)c2ccccc21. The van der Waals surface area contributed by atoms with Crippen LogP contribution in [0.25, 0.3) is 0 Å². The summed E-state index contributed by atoms with van der Waals surface area (Å²) < 4.78 is 16.4. The van der Waals surface area contributed by atoms with Gasteiger partial charge in [0.25, 0.3) is 5.91 Å². The molecule has 0 bridgehead atoms. The van der Waals surface area contributed by atoms with E-state index in [1.54, 1.807) is 64.6 Å². The monoisotopic (exact) mass is 597 g/mol. The first kappa shape index (κ1) is 32.8. The minimum absolute atomic E-state index is 0.0965. The fourth-order valence-electron chi connectivity index (χ4n) is 4.40. The highest BCUT2D eigenvalue weighted by Gasteiger charge is 2.33. The highest BCUT2D eigenvalue weighted by atomic mass is 35.5. The number of nitrogens with zero attached hydrogens (tertiary/aromatic N) is 3. The molecule has 42 heavy (non-hydrogen) atoms. The summed E-state index contributed by atoms with van der Waals surface area (Å²) in [7, 11) is 0. The number of unbranched alkanes of at least 4 members (excludes halogenated alkanes) is 1. The third-order valence-corrected chi connectivity index (χ3v) is 6.31. The van der Waals surface area contributed by atoms with Crippen LogP contribution in [-0.2, 0) is 14.2 Å². The predicted octanol–water partition coefficient (Wildman–Crippen LogP) is 7.04. The van der Waals surface area contributed by atoms with Gasteiger partial charge in [0.2, 0.25) is 0 Å². The summed E-state index contributed by atoms with van der Waals surface area (Å²) in [5.41, 5.74) is 1.16. The summed E-state index contributed by atoms with van der Waals surface area (Å²) in [4.78, 5) is 44.3. The molecule has 0 aromatic heterocycles. The Kier molecular flexibility index (Phi) is 10.9. The zero-order valence-corrected chi connectivity index (χ0v) is 26.0. The number of terminal acetylenes is 1. The number of carbonyl (C=O) groups is 3. The van der Waals surface area contributed by atoms with Crippen molar-refractivity contribution in [3.8, 4) is 12.3 Å². The van der Waals surface area contributed by atoms with Gasteiger partial charge in [-0.3, -0.25) is 4.79 Å². The van der Waals surface area contributed by atoms with Crippen LogP contribution in [0.3, 0.4) is 0 Å². The Balaban J connectivity index is 1.86. The van der Waals surface area contributed by atoms with Crippen LogP contribution < -0.4 is 9.80 Å². The molecule has 0 saturated heterocycles.